The van der Waals surface area contributed by atoms with Gasteiger partial charge in [-0.25, -0.2) is 4.39 Å². The first-order chi connectivity index (χ1) is 13.2. The number of ether oxygens (including phenoxy) is 1. The topological polar surface area (TPSA) is 24.8 Å². The van der Waals surface area contributed by atoms with Gasteiger partial charge in [-0.15, -0.1) is 0 Å². The maximum Gasteiger partial charge on any atom is 0.124 e. The second-order valence-corrected chi connectivity index (χ2v) is 6.72. The van der Waals surface area contributed by atoms with E-state index in [2.05, 4.69) is 0 Å². The molecule has 3 aromatic rings. The van der Waals surface area contributed by atoms with Gasteiger partial charge in [0.25, 0.3) is 0 Å². The predicted octanol–water partition coefficient (Wildman–Crippen LogP) is 5.84. The molecule has 0 N–H and O–H groups in total. The molecule has 1 atom stereocenters. The van der Waals surface area contributed by atoms with Gasteiger partial charge in [0.15, 0.2) is 0 Å². The van der Waals surface area contributed by atoms with E-state index < -0.39 is 0 Å². The zero-order chi connectivity index (χ0) is 18.8. The maximum absolute atomic E-state index is 13.3. The van der Waals surface area contributed by atoms with Crippen molar-refractivity contribution in [2.75, 3.05) is 12.1 Å². The lowest BCUT2D eigenvalue weighted by molar-refractivity contribution is 0.405. The van der Waals surface area contributed by atoms with Crippen molar-refractivity contribution in [2.24, 2.45) is 5.10 Å². The number of hydrogen-bond acceptors (Lipinski definition) is 3. The lowest BCUT2D eigenvalue weighted by Crippen LogP contribution is -2.19. The minimum absolute atomic E-state index is 0.0684. The first kappa shape index (κ1) is 17.6. The lowest BCUT2D eigenvalue weighted by atomic mass is 9.97. The average Bonchev–Trinajstić information content (AvgIpc) is 3.13. The van der Waals surface area contributed by atoms with Gasteiger partial charge in [0.05, 0.1) is 29.6 Å². The standard InChI is InChI=1S/C22H18ClFN2O/c1-27-22-9-5-2-6-17(22)21-14-19(15-10-12-16(24)13-11-15)25-26(21)20-8-4-3-7-18(20)23/h2-13,21H,14H2,1H3/t21-/m0/s1. The molecule has 0 unspecified atom stereocenters. The van der Waals surface area contributed by atoms with Crippen molar-refractivity contribution in [3.63, 3.8) is 0 Å². The third-order valence-corrected chi connectivity index (χ3v) is 5.00. The molecule has 0 saturated heterocycles. The van der Waals surface area contributed by atoms with Crippen LogP contribution >= 0.6 is 11.6 Å². The van der Waals surface area contributed by atoms with E-state index in [1.807, 2.05) is 53.5 Å². The highest BCUT2D eigenvalue weighted by molar-refractivity contribution is 6.33. The molecule has 27 heavy (non-hydrogen) atoms. The minimum Gasteiger partial charge on any atom is -0.496 e. The summed E-state index contributed by atoms with van der Waals surface area (Å²) in [6.45, 7) is 0. The molecular formula is C22H18ClFN2O. The van der Waals surface area contributed by atoms with Crippen molar-refractivity contribution in [2.45, 2.75) is 12.5 Å². The molecule has 1 aliphatic heterocycles. The number of benzene rings is 3. The van der Waals surface area contributed by atoms with Gasteiger partial charge in [-0.1, -0.05) is 54.1 Å². The Bertz CT molecular complexity index is 988. The Kier molecular flexibility index (Phi) is 4.82. The summed E-state index contributed by atoms with van der Waals surface area (Å²) in [5.74, 6) is 0.539. The fourth-order valence-electron chi connectivity index (χ4n) is 3.37. The molecule has 1 aliphatic rings. The molecule has 136 valence electrons. The third-order valence-electron chi connectivity index (χ3n) is 4.69. The van der Waals surface area contributed by atoms with Crippen LogP contribution in [0.5, 0.6) is 5.75 Å². The minimum atomic E-state index is -0.262. The van der Waals surface area contributed by atoms with Crippen LogP contribution in [0.3, 0.4) is 0 Å². The van der Waals surface area contributed by atoms with Crippen molar-refractivity contribution < 1.29 is 9.13 Å². The highest BCUT2D eigenvalue weighted by Gasteiger charge is 2.32. The number of hydrogen-bond donors (Lipinski definition) is 0. The molecule has 0 amide bonds. The van der Waals surface area contributed by atoms with Gasteiger partial charge in [-0.3, -0.25) is 5.01 Å². The average molecular weight is 381 g/mol. The van der Waals surface area contributed by atoms with Crippen LogP contribution in [0.4, 0.5) is 10.1 Å². The van der Waals surface area contributed by atoms with E-state index in [4.69, 9.17) is 21.4 Å². The summed E-state index contributed by atoms with van der Waals surface area (Å²) in [7, 11) is 1.66. The molecule has 0 saturated carbocycles. The van der Waals surface area contributed by atoms with Crippen LogP contribution in [0.1, 0.15) is 23.6 Å². The zero-order valence-corrected chi connectivity index (χ0v) is 15.5. The summed E-state index contributed by atoms with van der Waals surface area (Å²) in [5.41, 5.74) is 3.63. The summed E-state index contributed by atoms with van der Waals surface area (Å²) in [6, 6.07) is 21.9. The van der Waals surface area contributed by atoms with Crippen LogP contribution in [0.15, 0.2) is 77.9 Å². The fourth-order valence-corrected chi connectivity index (χ4v) is 3.59. The van der Waals surface area contributed by atoms with Gasteiger partial charge in [0.1, 0.15) is 11.6 Å². The number of methoxy groups -OCH3 is 1. The van der Waals surface area contributed by atoms with Crippen LogP contribution in [0.25, 0.3) is 0 Å². The molecule has 1 heterocycles. The van der Waals surface area contributed by atoms with Crippen molar-refractivity contribution in [3.05, 3.63) is 94.8 Å². The van der Waals surface area contributed by atoms with Gasteiger partial charge in [0.2, 0.25) is 0 Å². The Hall–Kier alpha value is -2.85. The normalized spacial score (nSPS) is 16.3. The van der Waals surface area contributed by atoms with E-state index >= 15 is 0 Å². The first-order valence-corrected chi connectivity index (χ1v) is 9.05. The Balaban J connectivity index is 1.80. The van der Waals surface area contributed by atoms with E-state index in [1.165, 1.54) is 12.1 Å². The maximum atomic E-state index is 13.3. The summed E-state index contributed by atoms with van der Waals surface area (Å²) in [4.78, 5) is 0. The highest BCUT2D eigenvalue weighted by atomic mass is 35.5. The van der Waals surface area contributed by atoms with Crippen molar-refractivity contribution in [1.82, 2.24) is 0 Å². The largest absolute Gasteiger partial charge is 0.496 e. The quantitative estimate of drug-likeness (QED) is 0.567. The molecule has 0 fully saturated rings. The van der Waals surface area contributed by atoms with Gasteiger partial charge < -0.3 is 4.74 Å². The van der Waals surface area contributed by atoms with E-state index in [-0.39, 0.29) is 11.9 Å². The molecule has 5 heteroatoms. The first-order valence-electron chi connectivity index (χ1n) is 8.67. The molecule has 0 aliphatic carbocycles. The van der Waals surface area contributed by atoms with Crippen molar-refractivity contribution in [3.8, 4) is 5.75 Å². The van der Waals surface area contributed by atoms with Crippen LogP contribution in [0, 0.1) is 5.82 Å². The summed E-state index contributed by atoms with van der Waals surface area (Å²) < 4.78 is 18.9. The van der Waals surface area contributed by atoms with Crippen LogP contribution in [-0.4, -0.2) is 12.8 Å². The number of hydrazone groups is 1. The summed E-state index contributed by atoms with van der Waals surface area (Å²) >= 11 is 6.45. The molecule has 0 aromatic heterocycles. The molecule has 0 radical (unpaired) electrons. The third kappa shape index (κ3) is 3.40. The summed E-state index contributed by atoms with van der Waals surface area (Å²) in [5, 5.41) is 7.40. The van der Waals surface area contributed by atoms with Gasteiger partial charge in [0, 0.05) is 12.0 Å². The Morgan fingerprint density at radius 3 is 2.44 bits per heavy atom. The Morgan fingerprint density at radius 1 is 1.00 bits per heavy atom. The van der Waals surface area contributed by atoms with Crippen molar-refractivity contribution >= 4 is 23.0 Å². The number of para-hydroxylation sites is 2. The lowest BCUT2D eigenvalue weighted by Gasteiger charge is -2.26. The number of nitrogens with zero attached hydrogens (tertiary/aromatic N) is 2. The van der Waals surface area contributed by atoms with Gasteiger partial charge >= 0.3 is 0 Å². The molecule has 3 aromatic carbocycles. The molecule has 3 nitrogen and oxygen atoms in total. The van der Waals surface area contributed by atoms with Crippen LogP contribution < -0.4 is 9.75 Å². The molecule has 4 rings (SSSR count). The van der Waals surface area contributed by atoms with Gasteiger partial charge in [-0.05, 0) is 35.9 Å². The highest BCUT2D eigenvalue weighted by Crippen LogP contribution is 2.42. The van der Waals surface area contributed by atoms with E-state index in [0.29, 0.717) is 11.4 Å². The number of anilines is 1. The van der Waals surface area contributed by atoms with E-state index in [9.17, 15) is 4.39 Å². The summed E-state index contributed by atoms with van der Waals surface area (Å²) in [6.07, 6.45) is 0.664. The second kappa shape index (κ2) is 7.41. The molecule has 0 bridgehead atoms. The zero-order valence-electron chi connectivity index (χ0n) is 14.8. The van der Waals surface area contributed by atoms with Crippen LogP contribution in [0.2, 0.25) is 5.02 Å². The van der Waals surface area contributed by atoms with Crippen molar-refractivity contribution in [1.29, 1.82) is 0 Å². The smallest absolute Gasteiger partial charge is 0.124 e. The monoisotopic (exact) mass is 380 g/mol. The van der Waals surface area contributed by atoms with E-state index in [0.717, 1.165) is 28.3 Å². The Labute approximate surface area is 162 Å². The van der Waals surface area contributed by atoms with Crippen LogP contribution in [-0.2, 0) is 0 Å². The molecule has 0 spiro atoms. The SMILES string of the molecule is COc1ccccc1[C@@H]1CC(c2ccc(F)cc2)=NN1c1ccccc1Cl. The second-order valence-electron chi connectivity index (χ2n) is 6.31. The molecular weight excluding hydrogens is 363 g/mol. The fraction of sp³-hybridized carbons (Fsp3) is 0.136. The predicted molar refractivity (Wildman–Crippen MR) is 107 cm³/mol. The van der Waals surface area contributed by atoms with E-state index in [1.54, 1.807) is 19.2 Å². The number of halogens is 2. The Morgan fingerprint density at radius 2 is 1.70 bits per heavy atom. The number of rotatable bonds is 4. The van der Waals surface area contributed by atoms with Gasteiger partial charge in [-0.2, -0.15) is 5.10 Å².